The van der Waals surface area contributed by atoms with Crippen LogP contribution in [0.25, 0.3) is 11.0 Å². The number of phenolic OH excluding ortho intramolecular Hbond substituents is 1. The van der Waals surface area contributed by atoms with E-state index >= 15 is 0 Å². The van der Waals surface area contributed by atoms with Gasteiger partial charge >= 0.3 is 5.63 Å². The maximum absolute atomic E-state index is 11.7. The highest BCUT2D eigenvalue weighted by Gasteiger charge is 2.28. The molecule has 0 aliphatic carbocycles. The fourth-order valence-electron chi connectivity index (χ4n) is 3.87. The van der Waals surface area contributed by atoms with Crippen LogP contribution >= 0.6 is 0 Å². The molecule has 3 aromatic rings. The van der Waals surface area contributed by atoms with Crippen molar-refractivity contribution in [3.63, 3.8) is 0 Å². The predicted octanol–water partition coefficient (Wildman–Crippen LogP) is 3.57. The van der Waals surface area contributed by atoms with Crippen LogP contribution in [0.4, 0.5) is 0 Å². The van der Waals surface area contributed by atoms with Crippen molar-refractivity contribution >= 4 is 16.7 Å². The number of nitrogens with zero attached hydrogens (tertiary/aromatic N) is 1. The maximum atomic E-state index is 11.7. The van der Waals surface area contributed by atoms with Crippen LogP contribution in [0.15, 0.2) is 44.6 Å². The van der Waals surface area contributed by atoms with Gasteiger partial charge in [-0.3, -0.25) is 0 Å². The number of hydrazone groups is 1. The molecule has 0 saturated heterocycles. The molecule has 0 radical (unpaired) electrons. The van der Waals surface area contributed by atoms with Crippen LogP contribution in [0.1, 0.15) is 34.7 Å². The third-order valence-corrected chi connectivity index (χ3v) is 5.26. The van der Waals surface area contributed by atoms with E-state index in [1.807, 2.05) is 25.1 Å². The molecule has 0 saturated carbocycles. The second-order valence-electron chi connectivity index (χ2n) is 7.09. The summed E-state index contributed by atoms with van der Waals surface area (Å²) in [4.78, 5) is 11.7. The van der Waals surface area contributed by atoms with Crippen LogP contribution in [0, 0.1) is 13.8 Å². The van der Waals surface area contributed by atoms with Gasteiger partial charge in [0.25, 0.3) is 0 Å². The first-order chi connectivity index (χ1) is 13.9. The van der Waals surface area contributed by atoms with Gasteiger partial charge in [0.05, 0.1) is 31.4 Å². The van der Waals surface area contributed by atoms with Crippen molar-refractivity contribution in [2.24, 2.45) is 5.10 Å². The Hall–Kier alpha value is -3.48. The van der Waals surface area contributed by atoms with Gasteiger partial charge in [-0.15, -0.1) is 0 Å². The number of methoxy groups -OCH3 is 2. The number of nitrogens with one attached hydrogen (secondary N) is 1. The zero-order valence-electron chi connectivity index (χ0n) is 16.7. The number of phenols is 1. The number of ether oxygens (including phenoxy) is 2. The molecule has 4 rings (SSSR count). The highest BCUT2D eigenvalue weighted by molar-refractivity contribution is 6.09. The first-order valence-electron chi connectivity index (χ1n) is 9.24. The fourth-order valence-corrected chi connectivity index (χ4v) is 3.87. The summed E-state index contributed by atoms with van der Waals surface area (Å²) in [5.74, 6) is 1.49. The van der Waals surface area contributed by atoms with Gasteiger partial charge in [-0.1, -0.05) is 0 Å². The molecule has 0 unspecified atom stereocenters. The zero-order chi connectivity index (χ0) is 20.7. The second-order valence-corrected chi connectivity index (χ2v) is 7.09. The molecule has 7 heteroatoms. The Bertz CT molecular complexity index is 1200. The van der Waals surface area contributed by atoms with Crippen LogP contribution in [-0.2, 0) is 0 Å². The minimum absolute atomic E-state index is 0.0733. The average molecular weight is 394 g/mol. The van der Waals surface area contributed by atoms with Crippen molar-refractivity contribution in [2.45, 2.75) is 26.3 Å². The minimum atomic E-state index is -0.437. The number of aryl methyl sites for hydroxylation is 2. The summed E-state index contributed by atoms with van der Waals surface area (Å²) in [7, 11) is 3.23. The summed E-state index contributed by atoms with van der Waals surface area (Å²) in [6.45, 7) is 3.64. The molecule has 2 heterocycles. The Morgan fingerprint density at radius 3 is 2.66 bits per heavy atom. The molecule has 1 aromatic heterocycles. The average Bonchev–Trinajstić information content (AvgIpc) is 3.15. The minimum Gasteiger partial charge on any atom is -0.506 e. The lowest BCUT2D eigenvalue weighted by molar-refractivity contribution is 0.386. The lowest BCUT2D eigenvalue weighted by Gasteiger charge is -2.16. The van der Waals surface area contributed by atoms with E-state index in [-0.39, 0.29) is 11.8 Å². The quantitative estimate of drug-likeness (QED) is 0.657. The molecular formula is C22H22N2O5. The van der Waals surface area contributed by atoms with E-state index < -0.39 is 5.63 Å². The molecule has 0 spiro atoms. The maximum Gasteiger partial charge on any atom is 0.336 e. The molecule has 7 nitrogen and oxygen atoms in total. The van der Waals surface area contributed by atoms with Gasteiger partial charge in [0.2, 0.25) is 0 Å². The molecule has 29 heavy (non-hydrogen) atoms. The van der Waals surface area contributed by atoms with Gasteiger partial charge in [-0.2, -0.15) is 5.10 Å². The molecule has 0 fully saturated rings. The van der Waals surface area contributed by atoms with Gasteiger partial charge in [0, 0.05) is 29.7 Å². The van der Waals surface area contributed by atoms with Crippen LogP contribution in [0.5, 0.6) is 17.2 Å². The molecule has 1 aliphatic rings. The Labute approximate surface area is 167 Å². The molecule has 0 bridgehead atoms. The van der Waals surface area contributed by atoms with E-state index in [1.165, 1.54) is 6.07 Å². The van der Waals surface area contributed by atoms with E-state index in [4.69, 9.17) is 13.9 Å². The molecule has 150 valence electrons. The third-order valence-electron chi connectivity index (χ3n) is 5.26. The van der Waals surface area contributed by atoms with Crippen molar-refractivity contribution in [1.82, 2.24) is 5.43 Å². The lowest BCUT2D eigenvalue weighted by atomic mass is 9.93. The van der Waals surface area contributed by atoms with Crippen LogP contribution in [0.3, 0.4) is 0 Å². The van der Waals surface area contributed by atoms with Crippen molar-refractivity contribution in [3.8, 4) is 17.2 Å². The van der Waals surface area contributed by atoms with E-state index in [0.717, 1.165) is 16.8 Å². The number of fused-ring (bicyclic) bond motifs is 1. The number of aromatic hydroxyl groups is 1. The Morgan fingerprint density at radius 2 is 1.93 bits per heavy atom. The lowest BCUT2D eigenvalue weighted by Crippen LogP contribution is -2.11. The van der Waals surface area contributed by atoms with Crippen LogP contribution < -0.4 is 20.5 Å². The first kappa shape index (κ1) is 18.9. The molecule has 2 aromatic carbocycles. The normalized spacial score (nSPS) is 15.9. The van der Waals surface area contributed by atoms with Crippen molar-refractivity contribution < 1.29 is 19.0 Å². The Kier molecular flexibility index (Phi) is 4.66. The van der Waals surface area contributed by atoms with E-state index in [2.05, 4.69) is 10.5 Å². The Balaban J connectivity index is 1.73. The summed E-state index contributed by atoms with van der Waals surface area (Å²) >= 11 is 0. The highest BCUT2D eigenvalue weighted by Crippen LogP contribution is 2.38. The molecule has 1 aliphatic heterocycles. The van der Waals surface area contributed by atoms with Gasteiger partial charge in [0.15, 0.2) is 0 Å². The molecular weight excluding hydrogens is 372 g/mol. The van der Waals surface area contributed by atoms with Gasteiger partial charge < -0.3 is 24.4 Å². The smallest absolute Gasteiger partial charge is 0.336 e. The second kappa shape index (κ2) is 7.16. The van der Waals surface area contributed by atoms with Crippen LogP contribution in [-0.4, -0.2) is 25.0 Å². The standard InChI is InChI=1S/C22H22N2O5/c1-11-7-18-21(12(2)8-19(25)29-18)22(26)20(11)16-10-15(23-24-16)14-6-5-13(27-3)9-17(14)28-4/h5-9,15,23,26H,10H2,1-4H3/t15-/m1/s1. The van der Waals surface area contributed by atoms with E-state index in [9.17, 15) is 9.90 Å². The highest BCUT2D eigenvalue weighted by atomic mass is 16.5. The molecule has 0 amide bonds. The van der Waals surface area contributed by atoms with E-state index in [0.29, 0.717) is 40.0 Å². The molecule has 2 N–H and O–H groups in total. The van der Waals surface area contributed by atoms with Crippen molar-refractivity contribution in [2.75, 3.05) is 14.2 Å². The fraction of sp³-hybridized carbons (Fsp3) is 0.273. The first-order valence-corrected chi connectivity index (χ1v) is 9.24. The predicted molar refractivity (Wildman–Crippen MR) is 110 cm³/mol. The van der Waals surface area contributed by atoms with Gasteiger partial charge in [-0.25, -0.2) is 4.79 Å². The summed E-state index contributed by atoms with van der Waals surface area (Å²) in [5.41, 5.74) is 6.85. The summed E-state index contributed by atoms with van der Waals surface area (Å²) < 4.78 is 16.0. The van der Waals surface area contributed by atoms with Crippen molar-refractivity contribution in [3.05, 3.63) is 63.0 Å². The summed E-state index contributed by atoms with van der Waals surface area (Å²) in [5, 5.41) is 16.0. The van der Waals surface area contributed by atoms with Gasteiger partial charge in [0.1, 0.15) is 22.8 Å². The summed E-state index contributed by atoms with van der Waals surface area (Å²) in [6.07, 6.45) is 0.568. The zero-order valence-corrected chi connectivity index (χ0v) is 16.7. The van der Waals surface area contributed by atoms with Gasteiger partial charge in [-0.05, 0) is 43.2 Å². The van der Waals surface area contributed by atoms with Crippen LogP contribution in [0.2, 0.25) is 0 Å². The molecule has 1 atom stereocenters. The largest absolute Gasteiger partial charge is 0.506 e. The number of rotatable bonds is 4. The van der Waals surface area contributed by atoms with Crippen molar-refractivity contribution in [1.29, 1.82) is 0 Å². The van der Waals surface area contributed by atoms with E-state index in [1.54, 1.807) is 27.2 Å². The third kappa shape index (κ3) is 3.18. The Morgan fingerprint density at radius 1 is 1.14 bits per heavy atom. The monoisotopic (exact) mass is 394 g/mol. The number of benzene rings is 2. The SMILES string of the molecule is COc1ccc([C@H]2CC(c3c(C)cc4oc(=O)cc(C)c4c3O)=NN2)c(OC)c1. The number of hydrogen-bond acceptors (Lipinski definition) is 7. The topological polar surface area (TPSA) is 93.3 Å². The summed E-state index contributed by atoms with van der Waals surface area (Å²) in [6, 6.07) is 8.69. The number of hydrogen-bond donors (Lipinski definition) is 2.